The summed E-state index contributed by atoms with van der Waals surface area (Å²) in [5, 5.41) is 5.52. The average molecular weight is 420 g/mol. The zero-order valence-electron chi connectivity index (χ0n) is 16.9. The molecule has 0 radical (unpaired) electrons. The quantitative estimate of drug-likeness (QED) is 0.612. The highest BCUT2D eigenvalue weighted by molar-refractivity contribution is 6.00. The molecule has 1 fully saturated rings. The lowest BCUT2D eigenvalue weighted by atomic mass is 10.1. The van der Waals surface area contributed by atoms with Gasteiger partial charge in [0, 0.05) is 18.9 Å². The normalized spacial score (nSPS) is 13.9. The Hall–Kier alpha value is -3.81. The van der Waals surface area contributed by atoms with Crippen LogP contribution in [-0.4, -0.2) is 27.3 Å². The molecule has 0 atom stereocenters. The highest BCUT2D eigenvalue weighted by Gasteiger charge is 2.51. The molecule has 158 valence electrons. The van der Waals surface area contributed by atoms with E-state index in [4.69, 9.17) is 4.74 Å². The van der Waals surface area contributed by atoms with E-state index < -0.39 is 17.3 Å². The number of ether oxygens (including phenoxy) is 1. The Morgan fingerprint density at radius 3 is 2.45 bits per heavy atom. The SMILES string of the molecule is Cc1ccc(Oc2ccc(CNC(=O)C3(NC(=O)c4cncnc4)CC3)cc2F)cc1. The number of hydrogen-bond acceptors (Lipinski definition) is 5. The van der Waals surface area contributed by atoms with Gasteiger partial charge in [0.1, 0.15) is 17.6 Å². The van der Waals surface area contributed by atoms with Crippen LogP contribution in [0.3, 0.4) is 0 Å². The molecule has 8 heteroatoms. The van der Waals surface area contributed by atoms with Gasteiger partial charge in [-0.15, -0.1) is 0 Å². The van der Waals surface area contributed by atoms with Gasteiger partial charge >= 0.3 is 0 Å². The second-order valence-corrected chi connectivity index (χ2v) is 7.53. The Labute approximate surface area is 178 Å². The van der Waals surface area contributed by atoms with Crippen LogP contribution in [0.2, 0.25) is 0 Å². The third-order valence-electron chi connectivity index (χ3n) is 5.06. The van der Waals surface area contributed by atoms with E-state index in [0.29, 0.717) is 24.2 Å². The summed E-state index contributed by atoms with van der Waals surface area (Å²) in [4.78, 5) is 32.5. The van der Waals surface area contributed by atoms with E-state index >= 15 is 0 Å². The number of nitrogens with zero attached hydrogens (tertiary/aromatic N) is 2. The molecule has 0 bridgehead atoms. The number of halogens is 1. The van der Waals surface area contributed by atoms with Crippen LogP contribution in [0.15, 0.2) is 61.2 Å². The summed E-state index contributed by atoms with van der Waals surface area (Å²) in [6, 6.07) is 11.8. The monoisotopic (exact) mass is 420 g/mol. The van der Waals surface area contributed by atoms with Crippen molar-refractivity contribution in [2.75, 3.05) is 0 Å². The van der Waals surface area contributed by atoms with Gasteiger partial charge in [0.05, 0.1) is 5.56 Å². The molecule has 1 aliphatic carbocycles. The fourth-order valence-corrected chi connectivity index (χ4v) is 3.06. The summed E-state index contributed by atoms with van der Waals surface area (Å²) in [7, 11) is 0. The summed E-state index contributed by atoms with van der Waals surface area (Å²) in [6.07, 6.45) is 5.18. The number of carbonyl (C=O) groups is 2. The lowest BCUT2D eigenvalue weighted by molar-refractivity contribution is -0.124. The van der Waals surface area contributed by atoms with Crippen LogP contribution in [0.4, 0.5) is 4.39 Å². The maximum atomic E-state index is 14.4. The number of aromatic nitrogens is 2. The molecule has 2 N–H and O–H groups in total. The van der Waals surface area contributed by atoms with Crippen molar-refractivity contribution < 1.29 is 18.7 Å². The lowest BCUT2D eigenvalue weighted by Gasteiger charge is -2.17. The van der Waals surface area contributed by atoms with Gasteiger partial charge in [0.2, 0.25) is 5.91 Å². The molecule has 4 rings (SSSR count). The van der Waals surface area contributed by atoms with E-state index in [9.17, 15) is 14.0 Å². The van der Waals surface area contributed by atoms with E-state index in [-0.39, 0.29) is 23.8 Å². The van der Waals surface area contributed by atoms with Gasteiger partial charge in [0.25, 0.3) is 5.91 Å². The first-order chi connectivity index (χ1) is 14.9. The van der Waals surface area contributed by atoms with Gasteiger partial charge in [0.15, 0.2) is 11.6 Å². The number of rotatable bonds is 7. The molecule has 2 aromatic carbocycles. The largest absolute Gasteiger partial charge is 0.454 e. The van der Waals surface area contributed by atoms with Crippen molar-refractivity contribution in [3.8, 4) is 11.5 Å². The van der Waals surface area contributed by atoms with Gasteiger partial charge in [-0.25, -0.2) is 14.4 Å². The Balaban J connectivity index is 1.34. The molecule has 0 aliphatic heterocycles. The minimum absolute atomic E-state index is 0.106. The standard InChI is InChI=1S/C23H21FN4O3/c1-15-2-5-18(6-3-15)31-20-7-4-16(10-19(20)24)11-27-22(30)23(8-9-23)28-21(29)17-12-25-14-26-13-17/h2-7,10,12-14H,8-9,11H2,1H3,(H,27,30)(H,28,29). The first-order valence-corrected chi connectivity index (χ1v) is 9.84. The van der Waals surface area contributed by atoms with Gasteiger partial charge < -0.3 is 15.4 Å². The molecule has 0 spiro atoms. The molecule has 31 heavy (non-hydrogen) atoms. The molecule has 3 aromatic rings. The summed E-state index contributed by atoms with van der Waals surface area (Å²) >= 11 is 0. The zero-order chi connectivity index (χ0) is 21.8. The van der Waals surface area contributed by atoms with Crippen molar-refractivity contribution >= 4 is 11.8 Å². The molecule has 1 aromatic heterocycles. The molecule has 0 unspecified atom stereocenters. The Morgan fingerprint density at radius 2 is 1.81 bits per heavy atom. The van der Waals surface area contributed by atoms with E-state index in [1.807, 2.05) is 19.1 Å². The van der Waals surface area contributed by atoms with Crippen molar-refractivity contribution in [3.05, 3.63) is 83.7 Å². The van der Waals surface area contributed by atoms with Crippen LogP contribution in [0.25, 0.3) is 0 Å². The van der Waals surface area contributed by atoms with Crippen molar-refractivity contribution in [3.63, 3.8) is 0 Å². The van der Waals surface area contributed by atoms with Crippen LogP contribution in [0, 0.1) is 12.7 Å². The number of aryl methyl sites for hydroxylation is 1. The predicted octanol–water partition coefficient (Wildman–Crippen LogP) is 3.30. The van der Waals surface area contributed by atoms with Crippen LogP contribution in [0.1, 0.15) is 34.3 Å². The number of benzene rings is 2. The van der Waals surface area contributed by atoms with Gasteiger partial charge in [-0.3, -0.25) is 9.59 Å². The van der Waals surface area contributed by atoms with E-state index in [2.05, 4.69) is 20.6 Å². The molecular weight excluding hydrogens is 399 g/mol. The molecule has 2 amide bonds. The fraction of sp³-hybridized carbons (Fsp3) is 0.217. The topological polar surface area (TPSA) is 93.2 Å². The second-order valence-electron chi connectivity index (χ2n) is 7.53. The lowest BCUT2D eigenvalue weighted by Crippen LogP contribution is -2.48. The average Bonchev–Trinajstić information content (AvgIpc) is 3.56. The van der Waals surface area contributed by atoms with Gasteiger partial charge in [-0.2, -0.15) is 0 Å². The van der Waals surface area contributed by atoms with E-state index in [1.165, 1.54) is 30.9 Å². The number of hydrogen-bond donors (Lipinski definition) is 2. The van der Waals surface area contributed by atoms with Crippen LogP contribution < -0.4 is 15.4 Å². The van der Waals surface area contributed by atoms with E-state index in [0.717, 1.165) is 5.56 Å². The third-order valence-corrected chi connectivity index (χ3v) is 5.06. The summed E-state index contributed by atoms with van der Waals surface area (Å²) in [5.74, 6) is -0.587. The second kappa shape index (κ2) is 8.51. The number of nitrogens with one attached hydrogen (secondary N) is 2. The third kappa shape index (κ3) is 4.85. The van der Waals surface area contributed by atoms with Crippen LogP contribution >= 0.6 is 0 Å². The van der Waals surface area contributed by atoms with Crippen LogP contribution in [-0.2, 0) is 11.3 Å². The van der Waals surface area contributed by atoms with Crippen molar-refractivity contribution in [2.45, 2.75) is 31.8 Å². The maximum absolute atomic E-state index is 14.4. The molecule has 1 saturated carbocycles. The Kier molecular flexibility index (Phi) is 5.62. The van der Waals surface area contributed by atoms with Gasteiger partial charge in [-0.05, 0) is 49.6 Å². The Bertz CT molecular complexity index is 1100. The first-order valence-electron chi connectivity index (χ1n) is 9.84. The molecule has 7 nitrogen and oxygen atoms in total. The highest BCUT2D eigenvalue weighted by Crippen LogP contribution is 2.36. The smallest absolute Gasteiger partial charge is 0.255 e. The Morgan fingerprint density at radius 1 is 1.10 bits per heavy atom. The van der Waals surface area contributed by atoms with Crippen molar-refractivity contribution in [1.29, 1.82) is 0 Å². The molecular formula is C23H21FN4O3. The molecule has 1 heterocycles. The van der Waals surface area contributed by atoms with E-state index in [1.54, 1.807) is 18.2 Å². The minimum Gasteiger partial charge on any atom is -0.454 e. The summed E-state index contributed by atoms with van der Waals surface area (Å²) in [5.41, 5.74) is 1.01. The highest BCUT2D eigenvalue weighted by atomic mass is 19.1. The van der Waals surface area contributed by atoms with Crippen molar-refractivity contribution in [1.82, 2.24) is 20.6 Å². The molecule has 0 saturated heterocycles. The minimum atomic E-state index is -0.944. The summed E-state index contributed by atoms with van der Waals surface area (Å²) < 4.78 is 20.0. The maximum Gasteiger partial charge on any atom is 0.255 e. The first kappa shape index (κ1) is 20.5. The van der Waals surface area contributed by atoms with Gasteiger partial charge in [-0.1, -0.05) is 23.8 Å². The zero-order valence-corrected chi connectivity index (χ0v) is 16.9. The number of carbonyl (C=O) groups excluding carboxylic acids is 2. The van der Waals surface area contributed by atoms with Crippen LogP contribution in [0.5, 0.6) is 11.5 Å². The predicted molar refractivity (Wildman–Crippen MR) is 111 cm³/mol. The number of amides is 2. The molecule has 1 aliphatic rings. The fourth-order valence-electron chi connectivity index (χ4n) is 3.06. The summed E-state index contributed by atoms with van der Waals surface area (Å²) in [6.45, 7) is 2.09. The van der Waals surface area contributed by atoms with Crippen molar-refractivity contribution in [2.24, 2.45) is 0 Å².